The summed E-state index contributed by atoms with van der Waals surface area (Å²) in [4.78, 5) is 15.4. The van der Waals surface area contributed by atoms with Crippen molar-refractivity contribution in [3.63, 3.8) is 0 Å². The van der Waals surface area contributed by atoms with E-state index >= 15 is 0 Å². The van der Waals surface area contributed by atoms with Crippen molar-refractivity contribution in [1.82, 2.24) is 4.90 Å². The van der Waals surface area contributed by atoms with Crippen molar-refractivity contribution in [2.24, 2.45) is 22.7 Å². The molecule has 21 heavy (non-hydrogen) atoms. The lowest BCUT2D eigenvalue weighted by Crippen LogP contribution is -2.48. The monoisotopic (exact) mass is 291 g/mol. The number of ether oxygens (including phenoxy) is 1. The number of amides is 1. The van der Waals surface area contributed by atoms with Gasteiger partial charge in [0.2, 0.25) is 5.91 Å². The van der Waals surface area contributed by atoms with E-state index < -0.39 is 0 Å². The molecule has 0 spiro atoms. The van der Waals surface area contributed by atoms with Crippen molar-refractivity contribution < 1.29 is 9.53 Å². The third-order valence-corrected chi connectivity index (χ3v) is 6.51. The largest absolute Gasteiger partial charge is 0.384 e. The Morgan fingerprint density at radius 2 is 2.19 bits per heavy atom. The van der Waals surface area contributed by atoms with Crippen LogP contribution in [0.4, 0.5) is 0 Å². The molecule has 2 bridgehead atoms. The van der Waals surface area contributed by atoms with E-state index in [1.54, 1.807) is 7.11 Å². The Labute approximate surface area is 128 Å². The van der Waals surface area contributed by atoms with Gasteiger partial charge in [-0.25, -0.2) is 0 Å². The minimum Gasteiger partial charge on any atom is -0.384 e. The molecule has 1 aliphatic heterocycles. The van der Waals surface area contributed by atoms with Gasteiger partial charge >= 0.3 is 0 Å². The highest BCUT2D eigenvalue weighted by Crippen LogP contribution is 2.66. The number of hydrogen-bond acceptors (Lipinski definition) is 2. The summed E-state index contributed by atoms with van der Waals surface area (Å²) in [7, 11) is 1.75. The number of likely N-dealkylation sites (tertiary alicyclic amines) is 1. The number of hydrogen-bond donors (Lipinski definition) is 0. The fraction of sp³-hybridized carbons (Fsp3) is 0.833. The van der Waals surface area contributed by atoms with Gasteiger partial charge < -0.3 is 9.64 Å². The molecule has 3 nitrogen and oxygen atoms in total. The lowest BCUT2D eigenvalue weighted by atomic mass is 9.68. The van der Waals surface area contributed by atoms with Crippen LogP contribution >= 0.6 is 0 Å². The summed E-state index contributed by atoms with van der Waals surface area (Å²) in [6.07, 6.45) is 5.52. The molecule has 1 saturated heterocycles. The maximum Gasteiger partial charge on any atom is 0.232 e. The Morgan fingerprint density at radius 1 is 1.43 bits per heavy atom. The number of carbonyl (C=O) groups is 1. The lowest BCUT2D eigenvalue weighted by Gasteiger charge is -2.42. The van der Waals surface area contributed by atoms with Gasteiger partial charge in [0.1, 0.15) is 0 Å². The van der Waals surface area contributed by atoms with Crippen LogP contribution in [-0.2, 0) is 9.53 Å². The van der Waals surface area contributed by atoms with Crippen LogP contribution in [0, 0.1) is 22.7 Å². The molecule has 0 N–H and O–H groups in total. The zero-order chi connectivity index (χ0) is 15.3. The third kappa shape index (κ3) is 2.16. The van der Waals surface area contributed by atoms with Gasteiger partial charge in [0, 0.05) is 20.2 Å². The fourth-order valence-corrected chi connectivity index (χ4v) is 5.05. The summed E-state index contributed by atoms with van der Waals surface area (Å²) in [5, 5.41) is 0. The van der Waals surface area contributed by atoms with E-state index in [1.807, 2.05) is 0 Å². The average molecular weight is 291 g/mol. The van der Waals surface area contributed by atoms with Crippen molar-refractivity contribution in [2.45, 2.75) is 46.0 Å². The van der Waals surface area contributed by atoms with Gasteiger partial charge in [0.25, 0.3) is 0 Å². The van der Waals surface area contributed by atoms with Crippen molar-refractivity contribution in [2.75, 3.05) is 26.8 Å². The maximum absolute atomic E-state index is 13.3. The Hall–Kier alpha value is -0.830. The Bertz CT molecular complexity index is 454. The van der Waals surface area contributed by atoms with Gasteiger partial charge in [-0.05, 0) is 49.4 Å². The predicted octanol–water partition coefficient (Wildman–Crippen LogP) is 3.25. The number of carbonyl (C=O) groups excluding carboxylic acids is 1. The predicted molar refractivity (Wildman–Crippen MR) is 83.9 cm³/mol. The lowest BCUT2D eigenvalue weighted by molar-refractivity contribution is -0.142. The number of nitrogens with zero attached hydrogens (tertiary/aromatic N) is 1. The molecule has 2 aliphatic carbocycles. The number of fused-ring (bicyclic) bond motifs is 2. The van der Waals surface area contributed by atoms with E-state index in [2.05, 4.69) is 25.3 Å². The number of piperidine rings is 1. The molecule has 3 rings (SSSR count). The summed E-state index contributed by atoms with van der Waals surface area (Å²) >= 11 is 0. The summed E-state index contributed by atoms with van der Waals surface area (Å²) in [5.41, 5.74) is 1.09. The molecule has 0 radical (unpaired) electrons. The van der Waals surface area contributed by atoms with E-state index in [0.29, 0.717) is 17.7 Å². The standard InChI is InChI=1S/C18H29NO2/c1-13-17(2,3)15-7-8-18(13,10-15)16(20)19-9-5-6-14(11-19)12-21-4/h14-15H,1,5-12H2,2-4H3/t14-,15-,18-/m1/s1. The molecule has 0 aromatic heterocycles. The summed E-state index contributed by atoms with van der Waals surface area (Å²) in [5.74, 6) is 1.51. The molecule has 3 aliphatic rings. The van der Waals surface area contributed by atoms with Gasteiger partial charge in [-0.15, -0.1) is 0 Å². The number of methoxy groups -OCH3 is 1. The Morgan fingerprint density at radius 3 is 2.81 bits per heavy atom. The second kappa shape index (κ2) is 5.12. The van der Waals surface area contributed by atoms with Crippen LogP contribution in [0.2, 0.25) is 0 Å². The van der Waals surface area contributed by atoms with Crippen LogP contribution in [0.25, 0.3) is 0 Å². The molecule has 0 aromatic rings. The minimum atomic E-state index is -0.247. The SMILES string of the molecule is C=C1C(C)(C)[C@@H]2CC[C@@]1(C(=O)N1CCC[C@@H](COC)C1)C2. The first kappa shape index (κ1) is 15.1. The summed E-state index contributed by atoms with van der Waals surface area (Å²) < 4.78 is 5.29. The van der Waals surface area contributed by atoms with E-state index in [9.17, 15) is 4.79 Å². The normalized spacial score (nSPS) is 38.0. The molecule has 3 fully saturated rings. The van der Waals surface area contributed by atoms with Gasteiger partial charge in [0.05, 0.1) is 12.0 Å². The van der Waals surface area contributed by atoms with Crippen molar-refractivity contribution >= 4 is 5.91 Å². The van der Waals surface area contributed by atoms with Gasteiger partial charge in [-0.3, -0.25) is 4.79 Å². The van der Waals surface area contributed by atoms with Crippen LogP contribution in [0.3, 0.4) is 0 Å². The van der Waals surface area contributed by atoms with Gasteiger partial charge in [-0.1, -0.05) is 26.0 Å². The van der Waals surface area contributed by atoms with Crippen LogP contribution < -0.4 is 0 Å². The quantitative estimate of drug-likeness (QED) is 0.747. The Kier molecular flexibility index (Phi) is 3.67. The molecule has 0 aromatic carbocycles. The summed E-state index contributed by atoms with van der Waals surface area (Å²) in [6.45, 7) is 11.5. The maximum atomic E-state index is 13.3. The highest BCUT2D eigenvalue weighted by Gasteiger charge is 2.61. The first-order chi connectivity index (χ1) is 9.91. The van der Waals surface area contributed by atoms with Crippen molar-refractivity contribution in [1.29, 1.82) is 0 Å². The zero-order valence-corrected chi connectivity index (χ0v) is 13.8. The molecular formula is C18H29NO2. The molecule has 3 heteroatoms. The highest BCUT2D eigenvalue weighted by atomic mass is 16.5. The van der Waals surface area contributed by atoms with Gasteiger partial charge in [0.15, 0.2) is 0 Å². The van der Waals surface area contributed by atoms with Crippen LogP contribution in [0.5, 0.6) is 0 Å². The smallest absolute Gasteiger partial charge is 0.232 e. The van der Waals surface area contributed by atoms with E-state index in [-0.39, 0.29) is 10.8 Å². The molecule has 1 heterocycles. The topological polar surface area (TPSA) is 29.5 Å². The molecule has 2 saturated carbocycles. The van der Waals surface area contributed by atoms with Gasteiger partial charge in [-0.2, -0.15) is 0 Å². The first-order valence-electron chi connectivity index (χ1n) is 8.40. The van der Waals surface area contributed by atoms with E-state index in [4.69, 9.17) is 4.74 Å². The van der Waals surface area contributed by atoms with E-state index in [1.165, 1.54) is 18.4 Å². The zero-order valence-electron chi connectivity index (χ0n) is 13.8. The molecule has 0 unspecified atom stereocenters. The third-order valence-electron chi connectivity index (χ3n) is 6.51. The molecule has 3 atom stereocenters. The Balaban J connectivity index is 1.78. The van der Waals surface area contributed by atoms with E-state index in [0.717, 1.165) is 39.0 Å². The molecule has 1 amide bonds. The fourth-order valence-electron chi connectivity index (χ4n) is 5.05. The second-order valence-electron chi connectivity index (χ2n) is 7.94. The molecule has 118 valence electrons. The summed E-state index contributed by atoms with van der Waals surface area (Å²) in [6, 6.07) is 0. The van der Waals surface area contributed by atoms with Crippen molar-refractivity contribution in [3.05, 3.63) is 12.2 Å². The van der Waals surface area contributed by atoms with Crippen LogP contribution in [-0.4, -0.2) is 37.6 Å². The molecular weight excluding hydrogens is 262 g/mol. The second-order valence-corrected chi connectivity index (χ2v) is 7.94. The highest BCUT2D eigenvalue weighted by molar-refractivity contribution is 5.87. The van der Waals surface area contributed by atoms with Crippen LogP contribution in [0.1, 0.15) is 46.0 Å². The number of rotatable bonds is 3. The first-order valence-corrected chi connectivity index (χ1v) is 8.40. The van der Waals surface area contributed by atoms with Crippen molar-refractivity contribution in [3.8, 4) is 0 Å². The minimum absolute atomic E-state index is 0.135. The van der Waals surface area contributed by atoms with Crippen LogP contribution in [0.15, 0.2) is 12.2 Å². The average Bonchev–Trinajstić information content (AvgIpc) is 2.99.